The summed E-state index contributed by atoms with van der Waals surface area (Å²) in [7, 11) is 2.83. The van der Waals surface area contributed by atoms with Crippen LogP contribution in [0, 0.1) is 5.82 Å². The number of hydrogen-bond donors (Lipinski definition) is 1. The molecule has 0 saturated carbocycles. The molecule has 19 heavy (non-hydrogen) atoms. The first-order valence-electron chi connectivity index (χ1n) is 5.73. The highest BCUT2D eigenvalue weighted by Gasteiger charge is 2.38. The second kappa shape index (κ2) is 6.98. The van der Waals surface area contributed by atoms with Gasteiger partial charge < -0.3 is 9.47 Å². The van der Waals surface area contributed by atoms with E-state index in [4.69, 9.17) is 9.47 Å². The standard InChI is InChI=1S/C13H17BrFNO3/c1-13(12(17)19-3,16-6-7-18-2)10-5-4-9(14)8-11(10)15/h4-5,8,16H,6-7H2,1-3H3. The predicted molar refractivity (Wildman–Crippen MR) is 73.3 cm³/mol. The van der Waals surface area contributed by atoms with Crippen LogP contribution < -0.4 is 5.32 Å². The molecule has 4 nitrogen and oxygen atoms in total. The van der Waals surface area contributed by atoms with Crippen molar-refractivity contribution in [2.75, 3.05) is 27.4 Å². The van der Waals surface area contributed by atoms with E-state index in [1.807, 2.05) is 0 Å². The molecule has 0 heterocycles. The summed E-state index contributed by atoms with van der Waals surface area (Å²) in [5.74, 6) is -1.03. The Hall–Kier alpha value is -0.980. The fraction of sp³-hybridized carbons (Fsp3) is 0.462. The molecule has 1 N–H and O–H groups in total. The van der Waals surface area contributed by atoms with Gasteiger partial charge in [-0.1, -0.05) is 22.0 Å². The summed E-state index contributed by atoms with van der Waals surface area (Å²) < 4.78 is 24.3. The van der Waals surface area contributed by atoms with Gasteiger partial charge in [0.2, 0.25) is 0 Å². The Balaban J connectivity index is 3.11. The second-order valence-corrected chi connectivity index (χ2v) is 5.08. The van der Waals surface area contributed by atoms with Crippen LogP contribution in [0.3, 0.4) is 0 Å². The van der Waals surface area contributed by atoms with Crippen LogP contribution in [0.5, 0.6) is 0 Å². The van der Waals surface area contributed by atoms with Crippen molar-refractivity contribution in [3.63, 3.8) is 0 Å². The summed E-state index contributed by atoms with van der Waals surface area (Å²) in [5, 5.41) is 2.97. The lowest BCUT2D eigenvalue weighted by Gasteiger charge is -2.29. The average Bonchev–Trinajstić information content (AvgIpc) is 2.37. The van der Waals surface area contributed by atoms with Crippen molar-refractivity contribution < 1.29 is 18.7 Å². The molecule has 0 aliphatic heterocycles. The Morgan fingerprint density at radius 2 is 2.16 bits per heavy atom. The molecule has 0 saturated heterocycles. The number of halogens is 2. The van der Waals surface area contributed by atoms with Crippen molar-refractivity contribution in [1.29, 1.82) is 0 Å². The molecule has 6 heteroatoms. The van der Waals surface area contributed by atoms with Crippen LogP contribution in [-0.2, 0) is 19.8 Å². The zero-order valence-electron chi connectivity index (χ0n) is 11.1. The summed E-state index contributed by atoms with van der Waals surface area (Å²) in [6.45, 7) is 2.39. The fourth-order valence-electron chi connectivity index (χ4n) is 1.78. The van der Waals surface area contributed by atoms with Gasteiger partial charge in [-0.2, -0.15) is 0 Å². The van der Waals surface area contributed by atoms with E-state index in [2.05, 4.69) is 21.2 Å². The molecular weight excluding hydrogens is 317 g/mol. The van der Waals surface area contributed by atoms with Crippen molar-refractivity contribution in [3.05, 3.63) is 34.1 Å². The number of rotatable bonds is 6. The first-order valence-corrected chi connectivity index (χ1v) is 6.53. The van der Waals surface area contributed by atoms with Gasteiger partial charge in [0, 0.05) is 23.7 Å². The molecule has 0 aromatic heterocycles. The average molecular weight is 334 g/mol. The van der Waals surface area contributed by atoms with Crippen molar-refractivity contribution in [2.45, 2.75) is 12.5 Å². The van der Waals surface area contributed by atoms with Crippen LogP contribution in [0.4, 0.5) is 4.39 Å². The molecule has 106 valence electrons. The minimum Gasteiger partial charge on any atom is -0.467 e. The van der Waals surface area contributed by atoms with Crippen LogP contribution in [0.15, 0.2) is 22.7 Å². The van der Waals surface area contributed by atoms with Crippen molar-refractivity contribution >= 4 is 21.9 Å². The van der Waals surface area contributed by atoms with E-state index < -0.39 is 17.3 Å². The van der Waals surface area contributed by atoms with Gasteiger partial charge >= 0.3 is 5.97 Å². The summed E-state index contributed by atoms with van der Waals surface area (Å²) in [6, 6.07) is 4.54. The van der Waals surface area contributed by atoms with Crippen molar-refractivity contribution in [3.8, 4) is 0 Å². The fourth-order valence-corrected chi connectivity index (χ4v) is 2.11. The summed E-state index contributed by atoms with van der Waals surface area (Å²) in [5.41, 5.74) is -1.02. The number of methoxy groups -OCH3 is 2. The topological polar surface area (TPSA) is 47.6 Å². The minimum absolute atomic E-state index is 0.235. The molecule has 0 aliphatic carbocycles. The first kappa shape index (κ1) is 16.1. The molecular formula is C13H17BrFNO3. The van der Waals surface area contributed by atoms with E-state index in [0.717, 1.165) is 0 Å². The Morgan fingerprint density at radius 1 is 1.47 bits per heavy atom. The maximum absolute atomic E-state index is 14.0. The van der Waals surface area contributed by atoms with Crippen molar-refractivity contribution in [2.24, 2.45) is 0 Å². The second-order valence-electron chi connectivity index (χ2n) is 4.16. The van der Waals surface area contributed by atoms with Gasteiger partial charge in [0.05, 0.1) is 13.7 Å². The lowest BCUT2D eigenvalue weighted by molar-refractivity contribution is -0.148. The number of benzene rings is 1. The van der Waals surface area contributed by atoms with Crippen LogP contribution in [-0.4, -0.2) is 33.3 Å². The third-order valence-corrected chi connectivity index (χ3v) is 3.34. The van der Waals surface area contributed by atoms with Crippen LogP contribution in [0.2, 0.25) is 0 Å². The Labute approximate surface area is 120 Å². The minimum atomic E-state index is -1.25. The lowest BCUT2D eigenvalue weighted by Crippen LogP contribution is -2.49. The number of esters is 1. The van der Waals surface area contributed by atoms with Crippen LogP contribution in [0.1, 0.15) is 12.5 Å². The summed E-state index contributed by atoms with van der Waals surface area (Å²) in [6.07, 6.45) is 0. The molecule has 1 aromatic carbocycles. The maximum atomic E-state index is 14.0. The Bertz CT molecular complexity index is 456. The van der Waals surface area contributed by atoms with Gasteiger partial charge in [-0.05, 0) is 19.1 Å². The molecule has 1 unspecified atom stereocenters. The molecule has 0 bridgehead atoms. The van der Waals surface area contributed by atoms with E-state index in [-0.39, 0.29) is 5.56 Å². The summed E-state index contributed by atoms with van der Waals surface area (Å²) >= 11 is 3.18. The van der Waals surface area contributed by atoms with Crippen LogP contribution >= 0.6 is 15.9 Å². The van der Waals surface area contributed by atoms with Gasteiger partial charge in [0.15, 0.2) is 0 Å². The lowest BCUT2D eigenvalue weighted by atomic mass is 9.91. The number of ether oxygens (including phenoxy) is 2. The van der Waals surface area contributed by atoms with E-state index in [1.165, 1.54) is 13.2 Å². The molecule has 0 radical (unpaired) electrons. The molecule has 0 amide bonds. The van der Waals surface area contributed by atoms with Gasteiger partial charge in [-0.25, -0.2) is 9.18 Å². The zero-order chi connectivity index (χ0) is 14.5. The highest BCUT2D eigenvalue weighted by atomic mass is 79.9. The molecule has 1 atom stereocenters. The third kappa shape index (κ3) is 3.75. The quantitative estimate of drug-likeness (QED) is 0.640. The molecule has 0 fully saturated rings. The molecule has 1 aromatic rings. The Morgan fingerprint density at radius 3 is 2.68 bits per heavy atom. The monoisotopic (exact) mass is 333 g/mol. The maximum Gasteiger partial charge on any atom is 0.330 e. The van der Waals surface area contributed by atoms with E-state index in [1.54, 1.807) is 26.2 Å². The van der Waals surface area contributed by atoms with E-state index in [0.29, 0.717) is 17.6 Å². The predicted octanol–water partition coefficient (Wildman–Crippen LogP) is 2.21. The van der Waals surface area contributed by atoms with E-state index >= 15 is 0 Å². The normalized spacial score (nSPS) is 13.9. The highest BCUT2D eigenvalue weighted by Crippen LogP contribution is 2.27. The largest absolute Gasteiger partial charge is 0.467 e. The van der Waals surface area contributed by atoms with Gasteiger partial charge in [-0.15, -0.1) is 0 Å². The number of hydrogen-bond acceptors (Lipinski definition) is 4. The number of nitrogens with one attached hydrogen (secondary N) is 1. The number of carbonyl (C=O) groups is 1. The van der Waals surface area contributed by atoms with Gasteiger partial charge in [0.1, 0.15) is 11.4 Å². The SMILES string of the molecule is COCCNC(C)(C(=O)OC)c1ccc(Br)cc1F. The molecule has 0 aliphatic rings. The first-order chi connectivity index (χ1) is 8.95. The zero-order valence-corrected chi connectivity index (χ0v) is 12.7. The number of carbonyl (C=O) groups excluding carboxylic acids is 1. The summed E-state index contributed by atoms with van der Waals surface area (Å²) in [4.78, 5) is 12.0. The van der Waals surface area contributed by atoms with Crippen LogP contribution in [0.25, 0.3) is 0 Å². The van der Waals surface area contributed by atoms with Gasteiger partial charge in [0.25, 0.3) is 0 Å². The smallest absolute Gasteiger partial charge is 0.330 e. The molecule has 1 rings (SSSR count). The van der Waals surface area contributed by atoms with E-state index in [9.17, 15) is 9.18 Å². The third-order valence-electron chi connectivity index (χ3n) is 2.85. The van der Waals surface area contributed by atoms with Gasteiger partial charge in [-0.3, -0.25) is 5.32 Å². The Kier molecular flexibility index (Phi) is 5.90. The highest BCUT2D eigenvalue weighted by molar-refractivity contribution is 9.10. The van der Waals surface area contributed by atoms with Crippen molar-refractivity contribution in [1.82, 2.24) is 5.32 Å². The molecule has 0 spiro atoms.